The zero-order valence-electron chi connectivity index (χ0n) is 15.2. The number of nitrogens with one attached hydrogen (secondary N) is 2. The number of ether oxygens (including phenoxy) is 2. The molecular weight excluding hydrogens is 340 g/mol. The van der Waals surface area contributed by atoms with E-state index in [0.29, 0.717) is 19.2 Å². The van der Waals surface area contributed by atoms with Crippen molar-refractivity contribution in [3.05, 3.63) is 54.6 Å². The Kier molecular flexibility index (Phi) is 5.05. The second-order valence-corrected chi connectivity index (χ2v) is 6.24. The van der Waals surface area contributed by atoms with Crippen LogP contribution in [0.3, 0.4) is 0 Å². The zero-order chi connectivity index (χ0) is 18.5. The summed E-state index contributed by atoms with van der Waals surface area (Å²) >= 11 is 0. The number of rotatable bonds is 6. The van der Waals surface area contributed by atoms with Crippen LogP contribution >= 0.6 is 0 Å². The third kappa shape index (κ3) is 4.11. The molecule has 0 radical (unpaired) electrons. The average molecular weight is 362 g/mol. The molecule has 0 spiro atoms. The van der Waals surface area contributed by atoms with Gasteiger partial charge in [0.25, 0.3) is 0 Å². The van der Waals surface area contributed by atoms with Crippen molar-refractivity contribution in [2.75, 3.05) is 30.4 Å². The zero-order valence-corrected chi connectivity index (χ0v) is 15.2. The van der Waals surface area contributed by atoms with Crippen LogP contribution in [0.15, 0.2) is 54.6 Å². The summed E-state index contributed by atoms with van der Waals surface area (Å²) in [4.78, 5) is 9.24. The van der Waals surface area contributed by atoms with Crippen molar-refractivity contribution in [3.8, 4) is 22.8 Å². The van der Waals surface area contributed by atoms with Crippen LogP contribution in [0.2, 0.25) is 0 Å². The van der Waals surface area contributed by atoms with Crippen LogP contribution in [-0.2, 0) is 0 Å². The lowest BCUT2D eigenvalue weighted by Crippen LogP contribution is -2.15. The van der Waals surface area contributed by atoms with Gasteiger partial charge >= 0.3 is 0 Å². The number of hydrogen-bond acceptors (Lipinski definition) is 6. The Morgan fingerprint density at radius 1 is 0.926 bits per heavy atom. The maximum atomic E-state index is 5.66. The topological polar surface area (TPSA) is 68.3 Å². The number of aromatic nitrogens is 2. The molecule has 0 saturated heterocycles. The molecule has 6 nitrogen and oxygen atoms in total. The fourth-order valence-corrected chi connectivity index (χ4v) is 2.85. The van der Waals surface area contributed by atoms with Crippen molar-refractivity contribution in [2.24, 2.45) is 0 Å². The molecule has 1 aromatic heterocycles. The standard InChI is InChI=1S/C21H22N4O2/c1-2-10-22-21-24-17(15-6-4-3-5-7-15)14-20(25-21)23-16-8-9-18-19(13-16)27-12-11-26-18/h3-9,13-14H,2,10-12H2,1H3,(H2,22,23,24,25). The van der Waals surface area contributed by atoms with Gasteiger partial charge < -0.3 is 20.1 Å². The largest absolute Gasteiger partial charge is 0.486 e. The number of benzene rings is 2. The van der Waals surface area contributed by atoms with Gasteiger partial charge in [-0.25, -0.2) is 4.98 Å². The smallest absolute Gasteiger partial charge is 0.225 e. The predicted molar refractivity (Wildman–Crippen MR) is 107 cm³/mol. The van der Waals surface area contributed by atoms with Crippen molar-refractivity contribution >= 4 is 17.5 Å². The summed E-state index contributed by atoms with van der Waals surface area (Å²) in [6.07, 6.45) is 1.00. The normalized spacial score (nSPS) is 12.5. The fraction of sp³-hybridized carbons (Fsp3) is 0.238. The Balaban J connectivity index is 1.64. The lowest BCUT2D eigenvalue weighted by atomic mass is 10.1. The van der Waals surface area contributed by atoms with Crippen LogP contribution in [0.4, 0.5) is 17.5 Å². The fourth-order valence-electron chi connectivity index (χ4n) is 2.85. The summed E-state index contributed by atoms with van der Waals surface area (Å²) in [5, 5.41) is 6.63. The first-order chi connectivity index (χ1) is 13.3. The van der Waals surface area contributed by atoms with Crippen LogP contribution in [-0.4, -0.2) is 29.7 Å². The summed E-state index contributed by atoms with van der Waals surface area (Å²) in [5.74, 6) is 2.84. The van der Waals surface area contributed by atoms with E-state index in [1.54, 1.807) is 0 Å². The predicted octanol–water partition coefficient (Wildman–Crippen LogP) is 4.48. The molecule has 0 unspecified atom stereocenters. The van der Waals surface area contributed by atoms with Gasteiger partial charge in [0.2, 0.25) is 5.95 Å². The van der Waals surface area contributed by atoms with E-state index >= 15 is 0 Å². The highest BCUT2D eigenvalue weighted by atomic mass is 16.6. The van der Waals surface area contributed by atoms with Gasteiger partial charge in [0.15, 0.2) is 11.5 Å². The Morgan fingerprint density at radius 2 is 1.74 bits per heavy atom. The average Bonchev–Trinajstić information content (AvgIpc) is 2.72. The second-order valence-electron chi connectivity index (χ2n) is 6.24. The van der Waals surface area contributed by atoms with E-state index in [2.05, 4.69) is 27.5 Å². The highest BCUT2D eigenvalue weighted by Gasteiger charge is 2.13. The minimum atomic E-state index is 0.563. The minimum absolute atomic E-state index is 0.563. The van der Waals surface area contributed by atoms with Gasteiger partial charge in [0.05, 0.1) is 5.69 Å². The summed E-state index contributed by atoms with van der Waals surface area (Å²) < 4.78 is 11.2. The highest BCUT2D eigenvalue weighted by molar-refractivity contribution is 5.68. The molecule has 0 aliphatic carbocycles. The molecule has 6 heteroatoms. The first kappa shape index (κ1) is 17.1. The van der Waals surface area contributed by atoms with E-state index in [4.69, 9.17) is 9.47 Å². The van der Waals surface area contributed by atoms with Crippen LogP contribution in [0, 0.1) is 0 Å². The van der Waals surface area contributed by atoms with Crippen molar-refractivity contribution in [1.82, 2.24) is 9.97 Å². The molecule has 2 aromatic carbocycles. The molecule has 138 valence electrons. The van der Waals surface area contributed by atoms with Gasteiger partial charge in [-0.2, -0.15) is 4.98 Å². The van der Waals surface area contributed by atoms with Crippen LogP contribution in [0.25, 0.3) is 11.3 Å². The molecule has 0 atom stereocenters. The summed E-state index contributed by atoms with van der Waals surface area (Å²) in [5.41, 5.74) is 2.80. The third-order valence-electron chi connectivity index (χ3n) is 4.14. The van der Waals surface area contributed by atoms with E-state index in [9.17, 15) is 0 Å². The van der Waals surface area contributed by atoms with Crippen molar-refractivity contribution in [2.45, 2.75) is 13.3 Å². The molecular formula is C21H22N4O2. The van der Waals surface area contributed by atoms with Crippen molar-refractivity contribution in [1.29, 1.82) is 0 Å². The molecule has 0 amide bonds. The Bertz CT molecular complexity index is 915. The lowest BCUT2D eigenvalue weighted by Gasteiger charge is -2.19. The number of hydrogen-bond donors (Lipinski definition) is 2. The molecule has 4 rings (SSSR count). The Morgan fingerprint density at radius 3 is 2.56 bits per heavy atom. The molecule has 0 bridgehead atoms. The van der Waals surface area contributed by atoms with E-state index in [0.717, 1.165) is 47.2 Å². The van der Waals surface area contributed by atoms with E-state index in [-0.39, 0.29) is 0 Å². The molecule has 2 heterocycles. The third-order valence-corrected chi connectivity index (χ3v) is 4.14. The van der Waals surface area contributed by atoms with Gasteiger partial charge in [-0.15, -0.1) is 0 Å². The molecule has 0 saturated carbocycles. The number of nitrogens with zero attached hydrogens (tertiary/aromatic N) is 2. The number of fused-ring (bicyclic) bond motifs is 1. The molecule has 2 N–H and O–H groups in total. The summed E-state index contributed by atoms with van der Waals surface area (Å²) in [6, 6.07) is 17.8. The maximum absolute atomic E-state index is 5.66. The summed E-state index contributed by atoms with van der Waals surface area (Å²) in [6.45, 7) is 4.08. The van der Waals surface area contributed by atoms with Crippen molar-refractivity contribution in [3.63, 3.8) is 0 Å². The lowest BCUT2D eigenvalue weighted by molar-refractivity contribution is 0.171. The van der Waals surface area contributed by atoms with Gasteiger partial charge in [-0.1, -0.05) is 37.3 Å². The quantitative estimate of drug-likeness (QED) is 0.674. The van der Waals surface area contributed by atoms with Crippen LogP contribution < -0.4 is 20.1 Å². The second kappa shape index (κ2) is 7.95. The van der Waals surface area contributed by atoms with Gasteiger partial charge in [0, 0.05) is 29.9 Å². The van der Waals surface area contributed by atoms with E-state index < -0.39 is 0 Å². The van der Waals surface area contributed by atoms with Crippen LogP contribution in [0.1, 0.15) is 13.3 Å². The first-order valence-electron chi connectivity index (χ1n) is 9.17. The molecule has 1 aliphatic rings. The minimum Gasteiger partial charge on any atom is -0.486 e. The van der Waals surface area contributed by atoms with E-state index in [1.807, 2.05) is 54.6 Å². The Labute approximate surface area is 158 Å². The Hall–Kier alpha value is -3.28. The maximum Gasteiger partial charge on any atom is 0.225 e. The van der Waals surface area contributed by atoms with E-state index in [1.165, 1.54) is 0 Å². The van der Waals surface area contributed by atoms with Gasteiger partial charge in [-0.05, 0) is 18.6 Å². The van der Waals surface area contributed by atoms with Crippen molar-refractivity contribution < 1.29 is 9.47 Å². The van der Waals surface area contributed by atoms with Gasteiger partial charge in [-0.3, -0.25) is 0 Å². The summed E-state index contributed by atoms with van der Waals surface area (Å²) in [7, 11) is 0. The van der Waals surface area contributed by atoms with Gasteiger partial charge in [0.1, 0.15) is 19.0 Å². The molecule has 27 heavy (non-hydrogen) atoms. The SMILES string of the molecule is CCCNc1nc(Nc2ccc3c(c2)OCCO3)cc(-c2ccccc2)n1. The molecule has 0 fully saturated rings. The molecule has 1 aliphatic heterocycles. The highest BCUT2D eigenvalue weighted by Crippen LogP contribution is 2.34. The molecule has 3 aromatic rings. The monoisotopic (exact) mass is 362 g/mol. The number of anilines is 3. The first-order valence-corrected chi connectivity index (χ1v) is 9.17. The van der Waals surface area contributed by atoms with Crippen LogP contribution in [0.5, 0.6) is 11.5 Å².